The molecule has 3 atom stereocenters. The lowest BCUT2D eigenvalue weighted by Gasteiger charge is -2.30. The molecule has 0 saturated carbocycles. The van der Waals surface area contributed by atoms with Crippen LogP contribution in [-0.2, 0) is 11.0 Å². The molecule has 0 spiro atoms. The summed E-state index contributed by atoms with van der Waals surface area (Å²) in [6, 6.07) is 1.95. The van der Waals surface area contributed by atoms with E-state index in [1.54, 1.807) is 0 Å². The largest absolute Gasteiger partial charge is 0.416 e. The predicted octanol–water partition coefficient (Wildman–Crippen LogP) is 2.34. The van der Waals surface area contributed by atoms with Gasteiger partial charge in [-0.25, -0.2) is 0 Å². The van der Waals surface area contributed by atoms with Gasteiger partial charge in [-0.2, -0.15) is 13.2 Å². The van der Waals surface area contributed by atoms with Crippen LogP contribution in [0.4, 0.5) is 13.2 Å². The molecule has 1 N–H and O–H groups in total. The molecule has 0 bridgehead atoms. The molecule has 1 saturated heterocycles. The molecule has 1 heterocycles. The van der Waals surface area contributed by atoms with Crippen LogP contribution in [-0.4, -0.2) is 23.3 Å². The monoisotopic (exact) mass is 302 g/mol. The van der Waals surface area contributed by atoms with Gasteiger partial charge < -0.3 is 4.79 Å². The number of nitro groups is 1. The number of piperidine rings is 1. The van der Waals surface area contributed by atoms with Gasteiger partial charge in [-0.15, -0.1) is 0 Å². The summed E-state index contributed by atoms with van der Waals surface area (Å²) in [5, 5.41) is 13.9. The van der Waals surface area contributed by atoms with Crippen LogP contribution in [0.15, 0.2) is 24.3 Å². The normalized spacial score (nSPS) is 26.3. The third kappa shape index (κ3) is 3.38. The Kier molecular flexibility index (Phi) is 4.26. The Morgan fingerprint density at radius 3 is 2.33 bits per heavy atom. The number of halogens is 3. The molecule has 1 fully saturated rings. The Morgan fingerprint density at radius 2 is 1.86 bits per heavy atom. The molecular formula is C13H13F3N2O3. The van der Waals surface area contributed by atoms with Crippen LogP contribution in [0, 0.1) is 10.1 Å². The molecular weight excluding hydrogens is 289 g/mol. The summed E-state index contributed by atoms with van der Waals surface area (Å²) in [6.07, 6.45) is -3.25. The predicted molar refractivity (Wildman–Crippen MR) is 67.2 cm³/mol. The third-order valence-electron chi connectivity index (χ3n) is 3.58. The lowest BCUT2D eigenvalue weighted by molar-refractivity contribution is -0.531. The molecule has 21 heavy (non-hydrogen) atoms. The molecule has 8 heteroatoms. The maximum atomic E-state index is 12.5. The van der Waals surface area contributed by atoms with Gasteiger partial charge in [-0.05, 0) is 24.1 Å². The van der Waals surface area contributed by atoms with Crippen LogP contribution in [0.5, 0.6) is 0 Å². The van der Waals surface area contributed by atoms with Crippen molar-refractivity contribution in [3.05, 3.63) is 45.5 Å². The zero-order chi connectivity index (χ0) is 15.6. The highest BCUT2D eigenvalue weighted by atomic mass is 19.4. The van der Waals surface area contributed by atoms with Crippen molar-refractivity contribution in [1.29, 1.82) is 0 Å². The van der Waals surface area contributed by atoms with Gasteiger partial charge in [0.2, 0.25) is 6.04 Å². The molecule has 2 rings (SSSR count). The Balaban J connectivity index is 2.27. The second kappa shape index (κ2) is 5.80. The van der Waals surface area contributed by atoms with Gasteiger partial charge in [0, 0.05) is 11.3 Å². The van der Waals surface area contributed by atoms with E-state index in [9.17, 15) is 28.1 Å². The van der Waals surface area contributed by atoms with Gasteiger partial charge in [-0.1, -0.05) is 12.1 Å². The summed E-state index contributed by atoms with van der Waals surface area (Å²) in [6.45, 7) is 0. The van der Waals surface area contributed by atoms with E-state index in [-0.39, 0.29) is 6.42 Å². The Labute approximate surface area is 118 Å². The van der Waals surface area contributed by atoms with E-state index in [1.807, 2.05) is 0 Å². The summed E-state index contributed by atoms with van der Waals surface area (Å²) in [4.78, 5) is 21.4. The van der Waals surface area contributed by atoms with Gasteiger partial charge in [0.15, 0.2) is 0 Å². The van der Waals surface area contributed by atoms with Gasteiger partial charge >= 0.3 is 6.18 Å². The average Bonchev–Trinajstić information content (AvgIpc) is 2.45. The van der Waals surface area contributed by atoms with Crippen molar-refractivity contribution >= 4 is 6.29 Å². The molecule has 0 amide bonds. The molecule has 1 aliphatic heterocycles. The van der Waals surface area contributed by atoms with E-state index in [0.717, 1.165) is 12.1 Å². The Hall–Kier alpha value is -1.96. The van der Waals surface area contributed by atoms with Crippen LogP contribution in [0.25, 0.3) is 0 Å². The SMILES string of the molecule is O=CC1CCC([N+](=O)[O-])C(c2ccc(C(F)(F)F)cc2)N1. The van der Waals surface area contributed by atoms with E-state index in [4.69, 9.17) is 0 Å². The number of carbonyl (C=O) groups excluding carboxylic acids is 1. The number of hydrogen-bond donors (Lipinski definition) is 1. The summed E-state index contributed by atoms with van der Waals surface area (Å²) >= 11 is 0. The molecule has 1 aromatic carbocycles. The van der Waals surface area contributed by atoms with Crippen molar-refractivity contribution in [2.75, 3.05) is 0 Å². The van der Waals surface area contributed by atoms with E-state index < -0.39 is 34.8 Å². The zero-order valence-corrected chi connectivity index (χ0v) is 10.8. The second-order valence-electron chi connectivity index (χ2n) is 4.94. The van der Waals surface area contributed by atoms with Crippen molar-refractivity contribution < 1.29 is 22.9 Å². The molecule has 114 valence electrons. The van der Waals surface area contributed by atoms with Crippen LogP contribution >= 0.6 is 0 Å². The van der Waals surface area contributed by atoms with Gasteiger partial charge in [0.05, 0.1) is 11.6 Å². The number of rotatable bonds is 3. The summed E-state index contributed by atoms with van der Waals surface area (Å²) < 4.78 is 37.5. The number of carbonyl (C=O) groups is 1. The number of nitrogens with one attached hydrogen (secondary N) is 1. The maximum absolute atomic E-state index is 12.5. The Bertz CT molecular complexity index is 530. The highest BCUT2D eigenvalue weighted by molar-refractivity contribution is 5.58. The smallest absolute Gasteiger partial charge is 0.302 e. The van der Waals surface area contributed by atoms with Crippen LogP contribution in [0.2, 0.25) is 0 Å². The topological polar surface area (TPSA) is 72.2 Å². The standard InChI is InChI=1S/C13H13F3N2O3/c14-13(15,16)9-3-1-8(2-4-9)12-11(18(20)21)6-5-10(7-19)17-12/h1-4,7,10-12,17H,5-6H2. The lowest BCUT2D eigenvalue weighted by Crippen LogP contribution is -2.48. The van der Waals surface area contributed by atoms with E-state index >= 15 is 0 Å². The number of nitrogens with zero attached hydrogens (tertiary/aromatic N) is 1. The van der Waals surface area contributed by atoms with Crippen molar-refractivity contribution in [3.8, 4) is 0 Å². The first-order valence-corrected chi connectivity index (χ1v) is 6.35. The number of alkyl halides is 3. The number of benzene rings is 1. The fraction of sp³-hybridized carbons (Fsp3) is 0.462. The van der Waals surface area contributed by atoms with Crippen molar-refractivity contribution in [1.82, 2.24) is 5.32 Å². The average molecular weight is 302 g/mol. The summed E-state index contributed by atoms with van der Waals surface area (Å²) in [7, 11) is 0. The summed E-state index contributed by atoms with van der Waals surface area (Å²) in [5.74, 6) is 0. The van der Waals surface area contributed by atoms with Crippen LogP contribution in [0.1, 0.15) is 30.0 Å². The van der Waals surface area contributed by atoms with Crippen LogP contribution < -0.4 is 5.32 Å². The highest BCUT2D eigenvalue weighted by Gasteiger charge is 2.39. The first-order chi connectivity index (χ1) is 9.82. The van der Waals surface area contributed by atoms with Crippen molar-refractivity contribution in [2.45, 2.75) is 37.1 Å². The maximum Gasteiger partial charge on any atom is 0.416 e. The molecule has 5 nitrogen and oxygen atoms in total. The number of hydrogen-bond acceptors (Lipinski definition) is 4. The van der Waals surface area contributed by atoms with Crippen molar-refractivity contribution in [2.24, 2.45) is 0 Å². The molecule has 0 radical (unpaired) electrons. The molecule has 0 aromatic heterocycles. The van der Waals surface area contributed by atoms with Gasteiger partial charge in [0.25, 0.3) is 0 Å². The van der Waals surface area contributed by atoms with E-state index in [2.05, 4.69) is 5.32 Å². The fourth-order valence-electron chi connectivity index (χ4n) is 2.47. The Morgan fingerprint density at radius 1 is 1.24 bits per heavy atom. The molecule has 1 aromatic rings. The number of aldehydes is 1. The lowest BCUT2D eigenvalue weighted by atomic mass is 9.89. The third-order valence-corrected chi connectivity index (χ3v) is 3.58. The van der Waals surface area contributed by atoms with Crippen LogP contribution in [0.3, 0.4) is 0 Å². The first-order valence-electron chi connectivity index (χ1n) is 6.35. The summed E-state index contributed by atoms with van der Waals surface area (Å²) in [5.41, 5.74) is -0.442. The molecule has 3 unspecified atom stereocenters. The minimum Gasteiger partial charge on any atom is -0.302 e. The van der Waals surface area contributed by atoms with E-state index in [0.29, 0.717) is 18.3 Å². The second-order valence-corrected chi connectivity index (χ2v) is 4.94. The molecule has 0 aliphatic carbocycles. The van der Waals surface area contributed by atoms with Gasteiger partial charge in [0.1, 0.15) is 12.3 Å². The fourth-order valence-corrected chi connectivity index (χ4v) is 2.47. The molecule has 1 aliphatic rings. The first kappa shape index (κ1) is 15.4. The van der Waals surface area contributed by atoms with Crippen molar-refractivity contribution in [3.63, 3.8) is 0 Å². The zero-order valence-electron chi connectivity index (χ0n) is 10.8. The minimum absolute atomic E-state index is 0.203. The minimum atomic E-state index is -4.45. The quantitative estimate of drug-likeness (QED) is 0.528. The highest BCUT2D eigenvalue weighted by Crippen LogP contribution is 2.32. The van der Waals surface area contributed by atoms with Gasteiger partial charge in [-0.3, -0.25) is 15.4 Å². The van der Waals surface area contributed by atoms with E-state index in [1.165, 1.54) is 12.1 Å².